The third kappa shape index (κ3) is 3.35. The van der Waals surface area contributed by atoms with Gasteiger partial charge in [-0.2, -0.15) is 0 Å². The molecule has 166 valence electrons. The molecule has 1 amide bonds. The van der Waals surface area contributed by atoms with Crippen molar-refractivity contribution in [2.24, 2.45) is 0 Å². The molecule has 2 heterocycles. The number of carbonyl (C=O) groups is 1. The van der Waals surface area contributed by atoms with Crippen molar-refractivity contribution in [3.63, 3.8) is 0 Å². The van der Waals surface area contributed by atoms with Crippen LogP contribution in [0.25, 0.3) is 10.9 Å². The van der Waals surface area contributed by atoms with Crippen molar-refractivity contribution in [1.29, 1.82) is 0 Å². The van der Waals surface area contributed by atoms with Crippen LogP contribution >= 0.6 is 0 Å². The predicted octanol–water partition coefficient (Wildman–Crippen LogP) is 6.81. The second-order valence-corrected chi connectivity index (χ2v) is 8.64. The molecule has 0 saturated heterocycles. The van der Waals surface area contributed by atoms with Crippen LogP contribution in [0, 0.1) is 6.92 Å². The molecule has 34 heavy (non-hydrogen) atoms. The van der Waals surface area contributed by atoms with E-state index in [1.54, 1.807) is 0 Å². The number of nitrogens with zero attached hydrogens (tertiary/aromatic N) is 1. The zero-order valence-corrected chi connectivity index (χ0v) is 18.9. The number of para-hydroxylation sites is 1. The number of H-pyrrole nitrogens is 1. The van der Waals surface area contributed by atoms with E-state index in [0.29, 0.717) is 6.61 Å². The van der Waals surface area contributed by atoms with E-state index in [1.165, 1.54) is 0 Å². The number of hydrogen-bond donors (Lipinski definition) is 1. The molecule has 4 heteroatoms. The zero-order chi connectivity index (χ0) is 23.1. The number of rotatable bonds is 5. The van der Waals surface area contributed by atoms with Crippen LogP contribution in [0.4, 0.5) is 5.69 Å². The van der Waals surface area contributed by atoms with Crippen molar-refractivity contribution in [3.8, 4) is 5.75 Å². The molecule has 0 spiro atoms. The number of hydrogen-bond acceptors (Lipinski definition) is 2. The first-order valence-corrected chi connectivity index (χ1v) is 11.5. The minimum absolute atomic E-state index is 0.0169. The lowest BCUT2D eigenvalue weighted by atomic mass is 9.95. The van der Waals surface area contributed by atoms with Gasteiger partial charge in [-0.15, -0.1) is 0 Å². The SMILES string of the molecule is Cc1[nH]c2ccccc2c1[C@H]1c2ccccc2C(=O)N1c1ccc(OCc2ccccc2)cc1. The first-order valence-electron chi connectivity index (χ1n) is 11.5. The molecule has 0 unspecified atom stereocenters. The molecule has 4 aromatic carbocycles. The number of anilines is 1. The van der Waals surface area contributed by atoms with Crippen LogP contribution in [-0.4, -0.2) is 10.9 Å². The summed E-state index contributed by atoms with van der Waals surface area (Å²) < 4.78 is 5.97. The number of ether oxygens (including phenoxy) is 1. The second kappa shape index (κ2) is 8.23. The summed E-state index contributed by atoms with van der Waals surface area (Å²) in [4.78, 5) is 19.0. The topological polar surface area (TPSA) is 45.3 Å². The third-order valence-corrected chi connectivity index (χ3v) is 6.54. The van der Waals surface area contributed by atoms with Gasteiger partial charge in [0.25, 0.3) is 5.91 Å². The lowest BCUT2D eigenvalue weighted by Gasteiger charge is -2.26. The van der Waals surface area contributed by atoms with Crippen LogP contribution in [0.2, 0.25) is 0 Å². The number of aromatic nitrogens is 1. The molecule has 1 aliphatic rings. The van der Waals surface area contributed by atoms with Gasteiger partial charge >= 0.3 is 0 Å². The van der Waals surface area contributed by atoms with E-state index in [0.717, 1.165) is 50.3 Å². The summed E-state index contributed by atoms with van der Waals surface area (Å²) in [7, 11) is 0. The van der Waals surface area contributed by atoms with E-state index < -0.39 is 0 Å². The lowest BCUT2D eigenvalue weighted by molar-refractivity contribution is 0.0993. The molecule has 1 aromatic heterocycles. The van der Waals surface area contributed by atoms with Crippen LogP contribution in [0.1, 0.15) is 38.8 Å². The molecule has 5 aromatic rings. The standard InChI is InChI=1S/C30H24N2O2/c1-20-28(26-13-7-8-14-27(26)31-20)29-24-11-5-6-12-25(24)30(33)32(29)22-15-17-23(18-16-22)34-19-21-9-3-2-4-10-21/h2-18,29,31H,19H2,1H3/t29-/m1/s1. The van der Waals surface area contributed by atoms with Crippen LogP contribution in [0.15, 0.2) is 103 Å². The number of carbonyl (C=O) groups excluding carboxylic acids is 1. The molecular formula is C30H24N2O2. The number of amides is 1. The second-order valence-electron chi connectivity index (χ2n) is 8.64. The number of fused-ring (bicyclic) bond motifs is 2. The van der Waals surface area contributed by atoms with Gasteiger partial charge in [0.1, 0.15) is 12.4 Å². The Morgan fingerprint density at radius 1 is 0.824 bits per heavy atom. The monoisotopic (exact) mass is 444 g/mol. The van der Waals surface area contributed by atoms with Crippen molar-refractivity contribution in [3.05, 3.63) is 131 Å². The number of aryl methyl sites for hydroxylation is 1. The molecule has 0 aliphatic carbocycles. The summed E-state index contributed by atoms with van der Waals surface area (Å²) in [5, 5.41) is 1.14. The number of aromatic amines is 1. The lowest BCUT2D eigenvalue weighted by Crippen LogP contribution is -2.28. The Morgan fingerprint density at radius 2 is 1.53 bits per heavy atom. The van der Waals surface area contributed by atoms with Gasteiger partial charge in [0, 0.05) is 33.4 Å². The van der Waals surface area contributed by atoms with Gasteiger partial charge in [0.2, 0.25) is 0 Å². The quantitative estimate of drug-likeness (QED) is 0.324. The first-order chi connectivity index (χ1) is 16.7. The van der Waals surface area contributed by atoms with Gasteiger partial charge in [0.15, 0.2) is 0 Å². The number of benzene rings is 4. The Morgan fingerprint density at radius 3 is 2.35 bits per heavy atom. The Kier molecular flexibility index (Phi) is 4.92. The van der Waals surface area contributed by atoms with Crippen molar-refractivity contribution in [1.82, 2.24) is 4.98 Å². The van der Waals surface area contributed by atoms with Crippen LogP contribution in [0.3, 0.4) is 0 Å². The average molecular weight is 445 g/mol. The molecule has 0 radical (unpaired) electrons. The molecule has 0 saturated carbocycles. The van der Waals surface area contributed by atoms with Crippen molar-refractivity contribution < 1.29 is 9.53 Å². The van der Waals surface area contributed by atoms with E-state index >= 15 is 0 Å². The summed E-state index contributed by atoms with van der Waals surface area (Å²) >= 11 is 0. The van der Waals surface area contributed by atoms with E-state index in [4.69, 9.17) is 4.74 Å². The minimum atomic E-state index is -0.198. The van der Waals surface area contributed by atoms with Gasteiger partial charge in [-0.3, -0.25) is 9.69 Å². The van der Waals surface area contributed by atoms with Gasteiger partial charge in [0.05, 0.1) is 6.04 Å². The van der Waals surface area contributed by atoms with E-state index in [9.17, 15) is 4.79 Å². The van der Waals surface area contributed by atoms with Crippen molar-refractivity contribution in [2.45, 2.75) is 19.6 Å². The number of nitrogens with one attached hydrogen (secondary N) is 1. The van der Waals surface area contributed by atoms with Crippen LogP contribution in [-0.2, 0) is 6.61 Å². The molecule has 6 rings (SSSR count). The van der Waals surface area contributed by atoms with E-state index in [-0.39, 0.29) is 11.9 Å². The molecule has 0 bridgehead atoms. The zero-order valence-electron chi connectivity index (χ0n) is 18.9. The maximum absolute atomic E-state index is 13.6. The van der Waals surface area contributed by atoms with Gasteiger partial charge in [-0.05, 0) is 54.4 Å². The normalized spacial score (nSPS) is 15.0. The van der Waals surface area contributed by atoms with Gasteiger partial charge < -0.3 is 9.72 Å². The molecule has 1 atom stereocenters. The maximum atomic E-state index is 13.6. The summed E-state index contributed by atoms with van der Waals surface area (Å²) in [6.45, 7) is 2.59. The largest absolute Gasteiger partial charge is 0.489 e. The summed E-state index contributed by atoms with van der Waals surface area (Å²) in [6.07, 6.45) is 0. The van der Waals surface area contributed by atoms with Crippen LogP contribution < -0.4 is 9.64 Å². The predicted molar refractivity (Wildman–Crippen MR) is 135 cm³/mol. The fourth-order valence-electron chi connectivity index (χ4n) is 4.96. The minimum Gasteiger partial charge on any atom is -0.489 e. The van der Waals surface area contributed by atoms with Crippen molar-refractivity contribution in [2.75, 3.05) is 4.90 Å². The smallest absolute Gasteiger partial charge is 0.259 e. The molecule has 1 aliphatic heterocycles. The summed E-state index contributed by atoms with van der Waals surface area (Å²) in [5.41, 5.74) is 7.04. The Hall–Kier alpha value is -4.31. The van der Waals surface area contributed by atoms with E-state index in [2.05, 4.69) is 30.1 Å². The highest BCUT2D eigenvalue weighted by molar-refractivity contribution is 6.12. The Bertz CT molecular complexity index is 1490. The van der Waals surface area contributed by atoms with E-state index in [1.807, 2.05) is 89.8 Å². The van der Waals surface area contributed by atoms with Crippen LogP contribution in [0.5, 0.6) is 5.75 Å². The third-order valence-electron chi connectivity index (χ3n) is 6.54. The summed E-state index contributed by atoms with van der Waals surface area (Å²) in [5.74, 6) is 0.792. The fourth-order valence-corrected chi connectivity index (χ4v) is 4.96. The average Bonchev–Trinajstić information content (AvgIpc) is 3.36. The highest BCUT2D eigenvalue weighted by atomic mass is 16.5. The Balaban J connectivity index is 1.39. The summed E-state index contributed by atoms with van der Waals surface area (Å²) in [6, 6.07) is 33.9. The van der Waals surface area contributed by atoms with Gasteiger partial charge in [-0.1, -0.05) is 66.7 Å². The highest BCUT2D eigenvalue weighted by Gasteiger charge is 2.40. The molecule has 4 nitrogen and oxygen atoms in total. The first kappa shape index (κ1) is 20.3. The fraction of sp³-hybridized carbons (Fsp3) is 0.100. The molecular weight excluding hydrogens is 420 g/mol. The van der Waals surface area contributed by atoms with Crippen molar-refractivity contribution >= 4 is 22.5 Å². The molecule has 0 fully saturated rings. The Labute approximate surface area is 198 Å². The maximum Gasteiger partial charge on any atom is 0.259 e. The molecule has 1 N–H and O–H groups in total. The highest BCUT2D eigenvalue weighted by Crippen LogP contribution is 2.45. The van der Waals surface area contributed by atoms with Gasteiger partial charge in [-0.25, -0.2) is 0 Å².